The van der Waals surface area contributed by atoms with Crippen molar-refractivity contribution < 1.29 is 9.15 Å². The van der Waals surface area contributed by atoms with E-state index >= 15 is 0 Å². The van der Waals surface area contributed by atoms with E-state index < -0.39 is 0 Å². The van der Waals surface area contributed by atoms with Gasteiger partial charge in [-0.3, -0.25) is 0 Å². The average molecular weight is 581 g/mol. The minimum Gasteiger partial charge on any atom is -0.485 e. The number of fused-ring (bicyclic) bond motifs is 6. The largest absolute Gasteiger partial charge is 0.485 e. The van der Waals surface area contributed by atoms with Gasteiger partial charge in [-0.05, 0) is 59.0 Å². The summed E-state index contributed by atoms with van der Waals surface area (Å²) in [5.74, 6) is 1.74. The van der Waals surface area contributed by atoms with E-state index in [4.69, 9.17) is 14.1 Å². The van der Waals surface area contributed by atoms with Crippen LogP contribution in [0.2, 0.25) is 0 Å². The molecule has 4 heteroatoms. The van der Waals surface area contributed by atoms with Crippen molar-refractivity contribution in [3.05, 3.63) is 163 Å². The highest BCUT2D eigenvalue weighted by Gasteiger charge is 2.33. The van der Waals surface area contributed by atoms with Gasteiger partial charge in [-0.15, -0.1) is 0 Å². The van der Waals surface area contributed by atoms with Crippen molar-refractivity contribution in [3.63, 3.8) is 0 Å². The second kappa shape index (κ2) is 10.4. The number of hydrogen-bond donors (Lipinski definition) is 0. The Kier molecular flexibility index (Phi) is 5.91. The third-order valence-electron chi connectivity index (χ3n) is 8.82. The van der Waals surface area contributed by atoms with Crippen LogP contribution in [0.15, 0.2) is 162 Å². The number of hydrogen-bond acceptors (Lipinski definition) is 4. The van der Waals surface area contributed by atoms with E-state index in [1.807, 2.05) is 42.5 Å². The summed E-state index contributed by atoms with van der Waals surface area (Å²) in [5.41, 5.74) is 9.03. The lowest BCUT2D eigenvalue weighted by molar-refractivity contribution is 0.269. The summed E-state index contributed by atoms with van der Waals surface area (Å²) in [6.45, 7) is 0. The maximum atomic E-state index is 6.57. The Morgan fingerprint density at radius 2 is 1.29 bits per heavy atom. The van der Waals surface area contributed by atoms with Crippen molar-refractivity contribution in [1.29, 1.82) is 0 Å². The molecule has 9 rings (SSSR count). The normalized spacial score (nSPS) is 16.4. The number of allylic oxidation sites excluding steroid dienone is 2. The van der Waals surface area contributed by atoms with Crippen molar-refractivity contribution in [3.8, 4) is 28.3 Å². The summed E-state index contributed by atoms with van der Waals surface area (Å²) in [4.78, 5) is 7.42. The molecule has 2 aliphatic rings. The van der Waals surface area contributed by atoms with Crippen LogP contribution >= 0.6 is 0 Å². The predicted molar refractivity (Wildman–Crippen MR) is 183 cm³/mol. The van der Waals surface area contributed by atoms with Gasteiger partial charge in [0.2, 0.25) is 5.89 Å². The Hall–Kier alpha value is -5.87. The van der Waals surface area contributed by atoms with E-state index in [9.17, 15) is 0 Å². The highest BCUT2D eigenvalue weighted by molar-refractivity contribution is 6.11. The van der Waals surface area contributed by atoms with Crippen LogP contribution in [0.5, 0.6) is 5.75 Å². The predicted octanol–water partition coefficient (Wildman–Crippen LogP) is 10.8. The number of benzene rings is 6. The fraction of sp³-hybridized carbons (Fsp3) is 0.0488. The Labute approximate surface area is 261 Å². The molecule has 0 saturated heterocycles. The van der Waals surface area contributed by atoms with Gasteiger partial charge in [-0.25, -0.2) is 4.98 Å². The smallest absolute Gasteiger partial charge is 0.227 e. The van der Waals surface area contributed by atoms with E-state index in [0.717, 1.165) is 55.8 Å². The summed E-state index contributed by atoms with van der Waals surface area (Å²) in [6.07, 6.45) is 8.56. The first-order chi connectivity index (χ1) is 22.3. The van der Waals surface area contributed by atoms with Gasteiger partial charge in [0.1, 0.15) is 17.4 Å². The number of anilines is 3. The molecule has 7 aromatic rings. The lowest BCUT2D eigenvalue weighted by atomic mass is 9.92. The van der Waals surface area contributed by atoms with Crippen LogP contribution in [0.3, 0.4) is 0 Å². The van der Waals surface area contributed by atoms with Crippen molar-refractivity contribution >= 4 is 38.9 Å². The van der Waals surface area contributed by atoms with Crippen molar-refractivity contribution in [2.45, 2.75) is 12.0 Å². The van der Waals surface area contributed by atoms with Crippen LogP contribution in [0.4, 0.5) is 17.1 Å². The lowest BCUT2D eigenvalue weighted by Gasteiger charge is -2.26. The van der Waals surface area contributed by atoms with E-state index in [0.29, 0.717) is 5.89 Å². The van der Waals surface area contributed by atoms with Crippen LogP contribution < -0.4 is 9.64 Å². The quantitative estimate of drug-likeness (QED) is 0.203. The average Bonchev–Trinajstić information content (AvgIpc) is 3.72. The summed E-state index contributed by atoms with van der Waals surface area (Å²) in [6, 6.07) is 46.4. The second-order valence-corrected chi connectivity index (χ2v) is 11.5. The first-order valence-electron chi connectivity index (χ1n) is 15.3. The van der Waals surface area contributed by atoms with Gasteiger partial charge in [-0.2, -0.15) is 0 Å². The molecule has 2 atom stereocenters. The molecule has 1 aromatic heterocycles. The van der Waals surface area contributed by atoms with Crippen LogP contribution in [0.25, 0.3) is 44.5 Å². The van der Waals surface area contributed by atoms with E-state index in [1.54, 1.807) is 0 Å². The molecule has 4 nitrogen and oxygen atoms in total. The molecular formula is C41H28N2O2. The van der Waals surface area contributed by atoms with Gasteiger partial charge in [0, 0.05) is 39.9 Å². The first kappa shape index (κ1) is 25.6. The summed E-state index contributed by atoms with van der Waals surface area (Å²) < 4.78 is 13.0. The molecular weight excluding hydrogens is 552 g/mol. The standard InChI is InChI=1S/C41H28N2O2/c1-3-11-27(12-4-1)28-19-21-31(22-20-28)43(32-23-24-35-34-17-9-10-18-37(34)44-38(35)26-32)36-25-30-15-7-8-16-33(30)40-39(36)42-41(45-40)29-13-5-2-6-14-29/h1-26,34,37H. The molecule has 0 amide bonds. The Bertz CT molecular complexity index is 2250. The molecule has 1 aliphatic carbocycles. The molecule has 2 heterocycles. The molecule has 45 heavy (non-hydrogen) atoms. The fourth-order valence-corrected chi connectivity index (χ4v) is 6.62. The minimum atomic E-state index is 0.0233. The zero-order chi connectivity index (χ0) is 29.7. The van der Waals surface area contributed by atoms with Crippen molar-refractivity contribution in [1.82, 2.24) is 4.98 Å². The zero-order valence-corrected chi connectivity index (χ0v) is 24.4. The number of oxazole rings is 1. The van der Waals surface area contributed by atoms with Gasteiger partial charge in [0.25, 0.3) is 0 Å². The van der Waals surface area contributed by atoms with Gasteiger partial charge < -0.3 is 14.1 Å². The molecule has 0 bridgehead atoms. The first-order valence-corrected chi connectivity index (χ1v) is 15.3. The van der Waals surface area contributed by atoms with Crippen LogP contribution in [-0.2, 0) is 0 Å². The summed E-state index contributed by atoms with van der Waals surface area (Å²) in [7, 11) is 0. The number of aromatic nitrogens is 1. The molecule has 0 fully saturated rings. The molecule has 0 saturated carbocycles. The second-order valence-electron chi connectivity index (χ2n) is 11.5. The van der Waals surface area contributed by atoms with Crippen molar-refractivity contribution in [2.24, 2.45) is 0 Å². The summed E-state index contributed by atoms with van der Waals surface area (Å²) >= 11 is 0. The Morgan fingerprint density at radius 3 is 2.11 bits per heavy atom. The van der Waals surface area contributed by atoms with Gasteiger partial charge in [-0.1, -0.05) is 109 Å². The molecule has 1 aliphatic heterocycles. The fourth-order valence-electron chi connectivity index (χ4n) is 6.62. The maximum Gasteiger partial charge on any atom is 0.227 e. The van der Waals surface area contributed by atoms with Crippen LogP contribution in [0, 0.1) is 0 Å². The maximum absolute atomic E-state index is 6.57. The Balaban J connectivity index is 1.26. The summed E-state index contributed by atoms with van der Waals surface area (Å²) in [5, 5.41) is 2.12. The number of rotatable bonds is 5. The molecule has 2 unspecified atom stereocenters. The highest BCUT2D eigenvalue weighted by Crippen LogP contribution is 2.47. The molecule has 0 radical (unpaired) electrons. The van der Waals surface area contributed by atoms with Crippen LogP contribution in [0.1, 0.15) is 11.5 Å². The third kappa shape index (κ3) is 4.34. The molecule has 0 N–H and O–H groups in total. The van der Waals surface area contributed by atoms with Crippen LogP contribution in [-0.4, -0.2) is 11.1 Å². The van der Waals surface area contributed by atoms with Gasteiger partial charge >= 0.3 is 0 Å². The van der Waals surface area contributed by atoms with E-state index in [1.165, 1.54) is 11.1 Å². The number of ether oxygens (including phenoxy) is 1. The minimum absolute atomic E-state index is 0.0233. The topological polar surface area (TPSA) is 38.5 Å². The van der Waals surface area contributed by atoms with E-state index in [-0.39, 0.29) is 12.0 Å². The van der Waals surface area contributed by atoms with Gasteiger partial charge in [0.15, 0.2) is 5.58 Å². The molecule has 0 spiro atoms. The van der Waals surface area contributed by atoms with E-state index in [2.05, 4.69) is 120 Å². The monoisotopic (exact) mass is 580 g/mol. The highest BCUT2D eigenvalue weighted by atomic mass is 16.5. The third-order valence-corrected chi connectivity index (χ3v) is 8.82. The Morgan fingerprint density at radius 1 is 0.600 bits per heavy atom. The molecule has 214 valence electrons. The lowest BCUT2D eigenvalue weighted by Crippen LogP contribution is -2.15. The number of nitrogens with zero attached hydrogens (tertiary/aromatic N) is 2. The van der Waals surface area contributed by atoms with Crippen molar-refractivity contribution in [2.75, 3.05) is 4.90 Å². The SMILES string of the molecule is C1=CC2Oc3cc(N(c4ccc(-c5ccccc5)cc4)c4cc5ccccc5c5oc(-c6ccccc6)nc45)ccc3C2C=C1. The van der Waals surface area contributed by atoms with Gasteiger partial charge in [0.05, 0.1) is 5.69 Å². The zero-order valence-electron chi connectivity index (χ0n) is 24.4. The molecule has 6 aromatic carbocycles.